The van der Waals surface area contributed by atoms with Gasteiger partial charge in [0.2, 0.25) is 0 Å². The van der Waals surface area contributed by atoms with E-state index in [9.17, 15) is 4.39 Å². The van der Waals surface area contributed by atoms with E-state index in [1.165, 1.54) is 18.6 Å². The molecule has 0 amide bonds. The zero-order valence-corrected chi connectivity index (χ0v) is 11.3. The lowest BCUT2D eigenvalue weighted by atomic mass is 10.1. The fourth-order valence-electron chi connectivity index (χ4n) is 2.52. The molecule has 104 valence electrons. The fraction of sp³-hybridized carbons (Fsp3) is 0.312. The maximum Gasteiger partial charge on any atom is 0.126 e. The number of hydrogen-bond acceptors (Lipinski definition) is 3. The molecule has 0 aliphatic carbocycles. The highest BCUT2D eigenvalue weighted by atomic mass is 19.1. The minimum absolute atomic E-state index is 0.207. The van der Waals surface area contributed by atoms with Gasteiger partial charge in [-0.3, -0.25) is 0 Å². The van der Waals surface area contributed by atoms with E-state index in [2.05, 4.69) is 21.7 Å². The normalized spacial score (nSPS) is 18.1. The standard InChI is InChI=1S/C16H18FN3/c17-13-5-1-4-12(10-13)11-19-16-8-2-6-15(20-16)14-7-3-9-18-14/h1-2,4-6,8,10,14,18H,3,7,9,11H2,(H,19,20)/t14-/m1/s1. The number of hydrogen-bond donors (Lipinski definition) is 2. The highest BCUT2D eigenvalue weighted by Gasteiger charge is 2.17. The molecule has 2 heterocycles. The number of anilines is 1. The molecule has 1 aliphatic rings. The van der Waals surface area contributed by atoms with Crippen molar-refractivity contribution in [2.75, 3.05) is 11.9 Å². The number of nitrogens with one attached hydrogen (secondary N) is 2. The number of aromatic nitrogens is 1. The summed E-state index contributed by atoms with van der Waals surface area (Å²) in [7, 11) is 0. The van der Waals surface area contributed by atoms with Crippen LogP contribution in [0.25, 0.3) is 0 Å². The average Bonchev–Trinajstić information content (AvgIpc) is 3.00. The summed E-state index contributed by atoms with van der Waals surface area (Å²) in [6.45, 7) is 1.64. The molecule has 2 aromatic rings. The van der Waals surface area contributed by atoms with Gasteiger partial charge in [-0.25, -0.2) is 9.37 Å². The van der Waals surface area contributed by atoms with Gasteiger partial charge in [0, 0.05) is 12.6 Å². The molecule has 20 heavy (non-hydrogen) atoms. The van der Waals surface area contributed by atoms with Gasteiger partial charge in [-0.15, -0.1) is 0 Å². The van der Waals surface area contributed by atoms with Gasteiger partial charge < -0.3 is 10.6 Å². The fourth-order valence-corrected chi connectivity index (χ4v) is 2.52. The summed E-state index contributed by atoms with van der Waals surface area (Å²) in [6, 6.07) is 13.0. The van der Waals surface area contributed by atoms with Crippen LogP contribution in [0.4, 0.5) is 10.2 Å². The van der Waals surface area contributed by atoms with E-state index in [-0.39, 0.29) is 5.82 Å². The van der Waals surface area contributed by atoms with Gasteiger partial charge in [-0.05, 0) is 49.2 Å². The Balaban J connectivity index is 1.66. The molecule has 1 aliphatic heterocycles. The summed E-state index contributed by atoms with van der Waals surface area (Å²) in [5, 5.41) is 6.69. The van der Waals surface area contributed by atoms with Gasteiger partial charge in [0.05, 0.1) is 5.69 Å². The smallest absolute Gasteiger partial charge is 0.126 e. The van der Waals surface area contributed by atoms with Crippen LogP contribution in [-0.2, 0) is 6.54 Å². The zero-order chi connectivity index (χ0) is 13.8. The minimum Gasteiger partial charge on any atom is -0.366 e. The lowest BCUT2D eigenvalue weighted by molar-refractivity contribution is 0.625. The molecular formula is C16H18FN3. The Bertz CT molecular complexity index is 579. The number of rotatable bonds is 4. The predicted molar refractivity (Wildman–Crippen MR) is 77.9 cm³/mol. The van der Waals surface area contributed by atoms with E-state index in [1.54, 1.807) is 6.07 Å². The summed E-state index contributed by atoms with van der Waals surface area (Å²) in [6.07, 6.45) is 2.34. The molecule has 0 saturated carbocycles. The first-order valence-electron chi connectivity index (χ1n) is 7.00. The number of benzene rings is 1. The second-order valence-electron chi connectivity index (χ2n) is 5.08. The molecule has 2 N–H and O–H groups in total. The molecule has 0 unspecified atom stereocenters. The molecular weight excluding hydrogens is 253 g/mol. The average molecular weight is 271 g/mol. The quantitative estimate of drug-likeness (QED) is 0.896. The van der Waals surface area contributed by atoms with Crippen LogP contribution in [0.3, 0.4) is 0 Å². The monoisotopic (exact) mass is 271 g/mol. The van der Waals surface area contributed by atoms with Crippen molar-refractivity contribution in [3.05, 3.63) is 59.5 Å². The number of halogens is 1. The van der Waals surface area contributed by atoms with Gasteiger partial charge in [-0.2, -0.15) is 0 Å². The Labute approximate surface area is 118 Å². The number of nitrogens with zero attached hydrogens (tertiary/aromatic N) is 1. The van der Waals surface area contributed by atoms with E-state index in [0.717, 1.165) is 30.0 Å². The highest BCUT2D eigenvalue weighted by molar-refractivity contribution is 5.37. The van der Waals surface area contributed by atoms with Crippen molar-refractivity contribution >= 4 is 5.82 Å². The van der Waals surface area contributed by atoms with E-state index in [4.69, 9.17) is 0 Å². The Morgan fingerprint density at radius 2 is 2.15 bits per heavy atom. The summed E-state index contributed by atoms with van der Waals surface area (Å²) < 4.78 is 13.1. The Kier molecular flexibility index (Phi) is 3.92. The van der Waals surface area contributed by atoms with Crippen LogP contribution in [0.2, 0.25) is 0 Å². The van der Waals surface area contributed by atoms with Crippen LogP contribution < -0.4 is 10.6 Å². The summed E-state index contributed by atoms with van der Waals surface area (Å²) >= 11 is 0. The van der Waals surface area contributed by atoms with Crippen molar-refractivity contribution in [2.45, 2.75) is 25.4 Å². The van der Waals surface area contributed by atoms with Gasteiger partial charge in [-0.1, -0.05) is 18.2 Å². The van der Waals surface area contributed by atoms with E-state index in [1.807, 2.05) is 18.2 Å². The van der Waals surface area contributed by atoms with Gasteiger partial charge in [0.1, 0.15) is 11.6 Å². The molecule has 0 radical (unpaired) electrons. The molecule has 1 atom stereocenters. The molecule has 3 nitrogen and oxygen atoms in total. The Morgan fingerprint density at radius 1 is 1.25 bits per heavy atom. The van der Waals surface area contributed by atoms with Crippen molar-refractivity contribution in [1.82, 2.24) is 10.3 Å². The number of pyridine rings is 1. The molecule has 4 heteroatoms. The largest absolute Gasteiger partial charge is 0.366 e. The van der Waals surface area contributed by atoms with Crippen LogP contribution in [0.15, 0.2) is 42.5 Å². The molecule has 1 aromatic carbocycles. The molecule has 0 spiro atoms. The lowest BCUT2D eigenvalue weighted by Gasteiger charge is -2.12. The molecule has 0 bridgehead atoms. The third-order valence-electron chi connectivity index (χ3n) is 3.55. The van der Waals surface area contributed by atoms with Gasteiger partial charge in [0.25, 0.3) is 0 Å². The Hall–Kier alpha value is -1.94. The zero-order valence-electron chi connectivity index (χ0n) is 11.3. The van der Waals surface area contributed by atoms with Crippen LogP contribution in [0, 0.1) is 5.82 Å². The van der Waals surface area contributed by atoms with Crippen LogP contribution in [0.5, 0.6) is 0 Å². The molecule has 1 saturated heterocycles. The summed E-state index contributed by atoms with van der Waals surface area (Å²) in [4.78, 5) is 4.62. The topological polar surface area (TPSA) is 37.0 Å². The van der Waals surface area contributed by atoms with E-state index in [0.29, 0.717) is 12.6 Å². The third-order valence-corrected chi connectivity index (χ3v) is 3.55. The van der Waals surface area contributed by atoms with E-state index >= 15 is 0 Å². The van der Waals surface area contributed by atoms with Crippen LogP contribution >= 0.6 is 0 Å². The van der Waals surface area contributed by atoms with Crippen molar-refractivity contribution in [3.8, 4) is 0 Å². The van der Waals surface area contributed by atoms with E-state index < -0.39 is 0 Å². The first-order chi connectivity index (χ1) is 9.81. The molecule has 1 fully saturated rings. The lowest BCUT2D eigenvalue weighted by Crippen LogP contribution is -2.14. The first-order valence-corrected chi connectivity index (χ1v) is 7.00. The van der Waals surface area contributed by atoms with Crippen molar-refractivity contribution in [3.63, 3.8) is 0 Å². The summed E-state index contributed by atoms with van der Waals surface area (Å²) in [5.41, 5.74) is 1.99. The van der Waals surface area contributed by atoms with Gasteiger partial charge in [0.15, 0.2) is 0 Å². The molecule has 3 rings (SSSR count). The second kappa shape index (κ2) is 6.01. The minimum atomic E-state index is -0.207. The maximum atomic E-state index is 13.1. The second-order valence-corrected chi connectivity index (χ2v) is 5.08. The van der Waals surface area contributed by atoms with Crippen molar-refractivity contribution < 1.29 is 4.39 Å². The van der Waals surface area contributed by atoms with Crippen LogP contribution in [-0.4, -0.2) is 11.5 Å². The Morgan fingerprint density at radius 3 is 2.95 bits per heavy atom. The van der Waals surface area contributed by atoms with Crippen molar-refractivity contribution in [2.24, 2.45) is 0 Å². The van der Waals surface area contributed by atoms with Crippen molar-refractivity contribution in [1.29, 1.82) is 0 Å². The highest BCUT2D eigenvalue weighted by Crippen LogP contribution is 2.22. The molecule has 1 aromatic heterocycles. The SMILES string of the molecule is Fc1cccc(CNc2cccc([C@H]3CCCN3)n2)c1. The third kappa shape index (κ3) is 3.14. The first kappa shape index (κ1) is 13.1. The summed E-state index contributed by atoms with van der Waals surface area (Å²) in [5.74, 6) is 0.627. The maximum absolute atomic E-state index is 13.1. The van der Waals surface area contributed by atoms with Crippen LogP contribution in [0.1, 0.15) is 30.1 Å². The van der Waals surface area contributed by atoms with Gasteiger partial charge >= 0.3 is 0 Å². The predicted octanol–water partition coefficient (Wildman–Crippen LogP) is 3.26.